The molecule has 11 nitrogen and oxygen atoms in total. The summed E-state index contributed by atoms with van der Waals surface area (Å²) < 4.78 is 18.4. The summed E-state index contributed by atoms with van der Waals surface area (Å²) in [5.74, 6) is -0.375. The highest BCUT2D eigenvalue weighted by molar-refractivity contribution is 5.82. The van der Waals surface area contributed by atoms with E-state index in [1.165, 1.54) is 19.2 Å². The molecule has 0 atom stereocenters. The quantitative estimate of drug-likeness (QED) is 0.209. The molecule has 0 bridgehead atoms. The van der Waals surface area contributed by atoms with Crippen LogP contribution >= 0.6 is 0 Å². The summed E-state index contributed by atoms with van der Waals surface area (Å²) in [5.41, 5.74) is 12.4. The summed E-state index contributed by atoms with van der Waals surface area (Å²) in [6.45, 7) is 4.28. The predicted molar refractivity (Wildman–Crippen MR) is 138 cm³/mol. The van der Waals surface area contributed by atoms with Crippen LogP contribution in [0.3, 0.4) is 0 Å². The summed E-state index contributed by atoms with van der Waals surface area (Å²) in [4.78, 5) is 36.6. The number of nitrogen functional groups attached to an aromatic ring is 2. The van der Waals surface area contributed by atoms with Gasteiger partial charge in [-0.15, -0.1) is 0 Å². The van der Waals surface area contributed by atoms with Crippen molar-refractivity contribution in [3.8, 4) is 0 Å². The molecule has 2 rings (SSSR count). The fourth-order valence-corrected chi connectivity index (χ4v) is 3.67. The van der Waals surface area contributed by atoms with Gasteiger partial charge in [-0.05, 0) is 12.8 Å². The number of carbonyl (C=O) groups excluding carboxylic acids is 2. The first-order chi connectivity index (χ1) is 17.4. The SMILES string of the molecule is CCCCCCCC(=O)OCC(COC(=O)CCCCCCC)OCn1cnc2c(N)nc(N)nc21. The molecule has 36 heavy (non-hydrogen) atoms. The van der Waals surface area contributed by atoms with Crippen molar-refractivity contribution >= 4 is 34.9 Å². The number of nitrogens with two attached hydrogens (primary N) is 2. The van der Waals surface area contributed by atoms with Crippen molar-refractivity contribution in [3.05, 3.63) is 6.33 Å². The summed E-state index contributed by atoms with van der Waals surface area (Å²) in [5, 5.41) is 0. The number of hydrogen-bond donors (Lipinski definition) is 2. The van der Waals surface area contributed by atoms with E-state index >= 15 is 0 Å². The van der Waals surface area contributed by atoms with E-state index in [1.807, 2.05) is 0 Å². The number of imidazole rings is 1. The molecule has 0 aliphatic carbocycles. The Bertz CT molecular complexity index is 905. The van der Waals surface area contributed by atoms with E-state index in [9.17, 15) is 9.59 Å². The molecule has 0 saturated heterocycles. The van der Waals surface area contributed by atoms with Gasteiger partial charge in [-0.2, -0.15) is 9.97 Å². The van der Waals surface area contributed by atoms with Crippen molar-refractivity contribution in [1.29, 1.82) is 0 Å². The number of unbranched alkanes of at least 4 members (excludes halogenated alkanes) is 8. The number of fused-ring (bicyclic) bond motifs is 1. The third-order valence-electron chi connectivity index (χ3n) is 5.79. The van der Waals surface area contributed by atoms with Gasteiger partial charge in [0.25, 0.3) is 0 Å². The summed E-state index contributed by atoms with van der Waals surface area (Å²) in [7, 11) is 0. The lowest BCUT2D eigenvalue weighted by atomic mass is 10.1. The standard InChI is InChI=1S/C25H42N6O5/c1-3-5-7-9-11-13-20(32)34-15-19(16-35-21(33)14-12-10-8-6-4-2)36-18-31-17-28-22-23(26)29-25(27)30-24(22)31/h17,19H,3-16,18H2,1-2H3,(H4,26,27,29,30). The number of rotatable bonds is 19. The van der Waals surface area contributed by atoms with Crippen LogP contribution in [0.1, 0.15) is 90.9 Å². The number of anilines is 2. The maximum atomic E-state index is 12.2. The Balaban J connectivity index is 1.88. The van der Waals surface area contributed by atoms with Crippen LogP contribution in [0.15, 0.2) is 6.33 Å². The summed E-state index contributed by atoms with van der Waals surface area (Å²) in [6, 6.07) is 0. The molecule has 0 fully saturated rings. The molecule has 2 aromatic rings. The molecular weight excluding hydrogens is 464 g/mol. The molecule has 0 aliphatic heterocycles. The van der Waals surface area contributed by atoms with Gasteiger partial charge in [0.1, 0.15) is 31.6 Å². The minimum atomic E-state index is -0.646. The van der Waals surface area contributed by atoms with E-state index in [0.717, 1.165) is 51.4 Å². The van der Waals surface area contributed by atoms with Gasteiger partial charge in [0.15, 0.2) is 11.5 Å². The smallest absolute Gasteiger partial charge is 0.305 e. The fraction of sp³-hybridized carbons (Fsp3) is 0.720. The van der Waals surface area contributed by atoms with Gasteiger partial charge >= 0.3 is 11.9 Å². The molecule has 0 amide bonds. The van der Waals surface area contributed by atoms with Crippen molar-refractivity contribution < 1.29 is 23.8 Å². The summed E-state index contributed by atoms with van der Waals surface area (Å²) in [6.07, 6.45) is 12.0. The van der Waals surface area contributed by atoms with E-state index < -0.39 is 6.10 Å². The molecule has 11 heteroatoms. The lowest BCUT2D eigenvalue weighted by Crippen LogP contribution is -2.29. The maximum absolute atomic E-state index is 12.2. The minimum Gasteiger partial charge on any atom is -0.463 e. The maximum Gasteiger partial charge on any atom is 0.305 e. The molecule has 2 aromatic heterocycles. The molecule has 0 aromatic carbocycles. The van der Waals surface area contributed by atoms with E-state index in [1.54, 1.807) is 4.57 Å². The Kier molecular flexibility index (Phi) is 13.6. The van der Waals surface area contributed by atoms with Gasteiger partial charge in [0.05, 0.1) is 6.33 Å². The van der Waals surface area contributed by atoms with E-state index in [2.05, 4.69) is 28.8 Å². The molecule has 0 spiro atoms. The zero-order valence-corrected chi connectivity index (χ0v) is 21.7. The molecule has 202 valence electrons. The largest absolute Gasteiger partial charge is 0.463 e. The Morgan fingerprint density at radius 3 is 1.97 bits per heavy atom. The molecule has 0 saturated carbocycles. The first kappa shape index (κ1) is 29.3. The second kappa shape index (κ2) is 16.7. The Labute approximate surface area is 213 Å². The Hall–Kier alpha value is -2.95. The lowest BCUT2D eigenvalue weighted by molar-refractivity contribution is -0.157. The first-order valence-electron chi connectivity index (χ1n) is 13.1. The van der Waals surface area contributed by atoms with Gasteiger partial charge in [-0.25, -0.2) is 4.98 Å². The van der Waals surface area contributed by atoms with Gasteiger partial charge in [-0.3, -0.25) is 14.2 Å². The van der Waals surface area contributed by atoms with Crippen LogP contribution in [0.4, 0.5) is 11.8 Å². The zero-order valence-electron chi connectivity index (χ0n) is 21.7. The summed E-state index contributed by atoms with van der Waals surface area (Å²) >= 11 is 0. The highest BCUT2D eigenvalue weighted by atomic mass is 16.6. The average Bonchev–Trinajstić information content (AvgIpc) is 3.26. The van der Waals surface area contributed by atoms with Crippen LogP contribution in [-0.2, 0) is 30.5 Å². The molecule has 0 radical (unpaired) electrons. The molecule has 0 unspecified atom stereocenters. The van der Waals surface area contributed by atoms with Gasteiger partial charge in [0.2, 0.25) is 5.95 Å². The van der Waals surface area contributed by atoms with Crippen molar-refractivity contribution in [2.75, 3.05) is 24.7 Å². The molecule has 2 heterocycles. The van der Waals surface area contributed by atoms with Gasteiger partial charge in [-0.1, -0.05) is 65.2 Å². The Morgan fingerprint density at radius 1 is 0.861 bits per heavy atom. The van der Waals surface area contributed by atoms with Gasteiger partial charge in [0, 0.05) is 12.8 Å². The number of aromatic nitrogens is 4. The molecule has 0 aliphatic rings. The Morgan fingerprint density at radius 2 is 1.42 bits per heavy atom. The number of carbonyl (C=O) groups is 2. The van der Waals surface area contributed by atoms with Crippen LogP contribution in [0, 0.1) is 0 Å². The van der Waals surface area contributed by atoms with Crippen LogP contribution in [-0.4, -0.2) is 50.8 Å². The van der Waals surface area contributed by atoms with E-state index in [4.69, 9.17) is 25.7 Å². The highest BCUT2D eigenvalue weighted by Gasteiger charge is 2.18. The average molecular weight is 507 g/mol. The normalized spacial score (nSPS) is 11.3. The van der Waals surface area contributed by atoms with Crippen molar-refractivity contribution in [2.24, 2.45) is 0 Å². The second-order valence-corrected chi connectivity index (χ2v) is 8.97. The monoisotopic (exact) mass is 506 g/mol. The van der Waals surface area contributed by atoms with Crippen molar-refractivity contribution in [3.63, 3.8) is 0 Å². The van der Waals surface area contributed by atoms with E-state index in [-0.39, 0.29) is 43.6 Å². The molecule has 4 N–H and O–H groups in total. The van der Waals surface area contributed by atoms with Crippen LogP contribution in [0.2, 0.25) is 0 Å². The fourth-order valence-electron chi connectivity index (χ4n) is 3.67. The number of esters is 2. The number of nitrogens with zero attached hydrogens (tertiary/aromatic N) is 4. The number of hydrogen-bond acceptors (Lipinski definition) is 10. The lowest BCUT2D eigenvalue weighted by Gasteiger charge is -2.18. The highest BCUT2D eigenvalue weighted by Crippen LogP contribution is 2.17. The number of ether oxygens (including phenoxy) is 3. The van der Waals surface area contributed by atoms with Crippen molar-refractivity contribution in [1.82, 2.24) is 19.5 Å². The second-order valence-electron chi connectivity index (χ2n) is 8.97. The first-order valence-corrected chi connectivity index (χ1v) is 13.1. The van der Waals surface area contributed by atoms with Crippen LogP contribution in [0.25, 0.3) is 11.2 Å². The predicted octanol–water partition coefficient (Wildman–Crippen LogP) is 4.14. The van der Waals surface area contributed by atoms with Gasteiger partial charge < -0.3 is 25.7 Å². The zero-order chi connectivity index (χ0) is 26.2. The van der Waals surface area contributed by atoms with Crippen LogP contribution in [0.5, 0.6) is 0 Å². The third-order valence-corrected chi connectivity index (χ3v) is 5.79. The topological polar surface area (TPSA) is 157 Å². The van der Waals surface area contributed by atoms with Crippen LogP contribution < -0.4 is 11.5 Å². The third kappa shape index (κ3) is 10.8. The minimum absolute atomic E-state index is 0.0243. The van der Waals surface area contributed by atoms with Crippen molar-refractivity contribution in [2.45, 2.75) is 104 Å². The molecular formula is C25H42N6O5. The van der Waals surface area contributed by atoms with E-state index in [0.29, 0.717) is 24.0 Å².